The molecule has 7 heteroatoms. The number of non-ortho nitro benzene ring substituents is 1. The van der Waals surface area contributed by atoms with Crippen LogP contribution < -0.4 is 5.32 Å². The van der Waals surface area contributed by atoms with Crippen LogP contribution in [0.2, 0.25) is 0 Å². The highest BCUT2D eigenvalue weighted by atomic mass is 16.6. The summed E-state index contributed by atoms with van der Waals surface area (Å²) in [6, 6.07) is 15.9. The van der Waals surface area contributed by atoms with Crippen molar-refractivity contribution < 1.29 is 19.6 Å². The third kappa shape index (κ3) is 3.82. The van der Waals surface area contributed by atoms with E-state index >= 15 is 0 Å². The van der Waals surface area contributed by atoms with Crippen molar-refractivity contribution in [3.8, 4) is 5.75 Å². The summed E-state index contributed by atoms with van der Waals surface area (Å²) in [6.45, 7) is 1.89. The van der Waals surface area contributed by atoms with Crippen molar-refractivity contribution >= 4 is 22.6 Å². The molecule has 0 bridgehead atoms. The third-order valence-electron chi connectivity index (χ3n) is 4.21. The van der Waals surface area contributed by atoms with Crippen LogP contribution in [0.1, 0.15) is 24.1 Å². The largest absolute Gasteiger partial charge is 0.508 e. The topological polar surface area (TPSA) is 102 Å². The Kier molecular flexibility index (Phi) is 5.21. The Hall–Kier alpha value is -3.61. The Balaban J connectivity index is 2.14. The number of nitrogens with zero attached hydrogens (tertiary/aromatic N) is 1. The van der Waals surface area contributed by atoms with Crippen molar-refractivity contribution in [3.63, 3.8) is 0 Å². The van der Waals surface area contributed by atoms with Crippen LogP contribution in [0, 0.1) is 10.1 Å². The van der Waals surface area contributed by atoms with Crippen molar-refractivity contribution in [2.75, 3.05) is 6.61 Å². The summed E-state index contributed by atoms with van der Waals surface area (Å²) in [5, 5.41) is 25.8. The second-order valence-corrected chi connectivity index (χ2v) is 5.87. The Bertz CT molecular complexity index is 985. The molecule has 0 aliphatic heterocycles. The molecule has 1 atom stereocenters. The number of fused-ring (bicyclic) bond motifs is 1. The molecule has 1 amide bonds. The molecule has 0 heterocycles. The predicted molar refractivity (Wildman–Crippen MR) is 101 cm³/mol. The van der Waals surface area contributed by atoms with E-state index in [4.69, 9.17) is 4.74 Å². The van der Waals surface area contributed by atoms with Crippen molar-refractivity contribution in [1.29, 1.82) is 0 Å². The molecule has 0 aliphatic rings. The van der Waals surface area contributed by atoms with E-state index < -0.39 is 17.1 Å². The number of nitrogens with one attached hydrogen (secondary N) is 1. The summed E-state index contributed by atoms with van der Waals surface area (Å²) in [7, 11) is 0. The zero-order valence-corrected chi connectivity index (χ0v) is 14.6. The first-order valence-corrected chi connectivity index (χ1v) is 8.39. The Labute approximate surface area is 155 Å². The SMILES string of the molecule is CCOC(=O)NC(c1ccc([N+](=O)[O-])cc1)c1c(O)ccc2ccccc12. The van der Waals surface area contributed by atoms with Gasteiger partial charge in [-0.3, -0.25) is 10.1 Å². The molecule has 0 aliphatic carbocycles. The normalized spacial score (nSPS) is 11.7. The number of carbonyl (C=O) groups excluding carboxylic acids is 1. The molecule has 0 spiro atoms. The van der Waals surface area contributed by atoms with E-state index in [0.717, 1.165) is 10.8 Å². The molecule has 7 nitrogen and oxygen atoms in total. The van der Waals surface area contributed by atoms with Gasteiger partial charge in [-0.25, -0.2) is 4.79 Å². The lowest BCUT2D eigenvalue weighted by Crippen LogP contribution is -2.30. The minimum atomic E-state index is -0.740. The predicted octanol–water partition coefficient (Wildman–Crippen LogP) is 4.29. The van der Waals surface area contributed by atoms with Crippen molar-refractivity contribution in [2.45, 2.75) is 13.0 Å². The van der Waals surface area contributed by atoms with Gasteiger partial charge in [-0.15, -0.1) is 0 Å². The number of nitro benzene ring substituents is 1. The number of hydrogen-bond acceptors (Lipinski definition) is 5. The standard InChI is InChI=1S/C20H18N2O5/c1-2-27-20(24)21-19(14-7-10-15(11-8-14)22(25)26)18-16-6-4-3-5-13(16)9-12-17(18)23/h3-12,19,23H,2H2,1H3,(H,21,24). The highest BCUT2D eigenvalue weighted by molar-refractivity contribution is 5.89. The molecular weight excluding hydrogens is 348 g/mol. The van der Waals surface area contributed by atoms with Gasteiger partial charge < -0.3 is 15.2 Å². The first-order chi connectivity index (χ1) is 13.0. The first kappa shape index (κ1) is 18.2. The fourth-order valence-electron chi connectivity index (χ4n) is 2.99. The van der Waals surface area contributed by atoms with Crippen LogP contribution in [0.25, 0.3) is 10.8 Å². The summed E-state index contributed by atoms with van der Waals surface area (Å²) in [5.41, 5.74) is 1.02. The second-order valence-electron chi connectivity index (χ2n) is 5.87. The van der Waals surface area contributed by atoms with E-state index in [1.807, 2.05) is 24.3 Å². The maximum Gasteiger partial charge on any atom is 0.407 e. The summed E-state index contributed by atoms with van der Waals surface area (Å²) in [6.07, 6.45) is -0.645. The number of alkyl carbamates (subject to hydrolysis) is 1. The van der Waals surface area contributed by atoms with Gasteiger partial charge in [0.15, 0.2) is 0 Å². The fourth-order valence-corrected chi connectivity index (χ4v) is 2.99. The fraction of sp³-hybridized carbons (Fsp3) is 0.150. The summed E-state index contributed by atoms with van der Waals surface area (Å²) in [4.78, 5) is 22.5. The Morgan fingerprint density at radius 2 is 1.85 bits per heavy atom. The van der Waals surface area contributed by atoms with Crippen LogP contribution >= 0.6 is 0 Å². The van der Waals surface area contributed by atoms with Gasteiger partial charge in [0, 0.05) is 17.7 Å². The highest BCUT2D eigenvalue weighted by Crippen LogP contribution is 2.36. The molecule has 0 saturated heterocycles. The van der Waals surface area contributed by atoms with Crippen LogP contribution in [0.3, 0.4) is 0 Å². The molecule has 0 fully saturated rings. The molecule has 27 heavy (non-hydrogen) atoms. The lowest BCUT2D eigenvalue weighted by molar-refractivity contribution is -0.384. The number of phenols is 1. The van der Waals surface area contributed by atoms with Gasteiger partial charge in [-0.1, -0.05) is 30.3 Å². The van der Waals surface area contributed by atoms with Crippen LogP contribution in [-0.4, -0.2) is 22.7 Å². The summed E-state index contributed by atoms with van der Waals surface area (Å²) in [5.74, 6) is 0.00820. The number of rotatable bonds is 5. The van der Waals surface area contributed by atoms with Crippen LogP contribution in [0.4, 0.5) is 10.5 Å². The zero-order valence-electron chi connectivity index (χ0n) is 14.6. The average molecular weight is 366 g/mol. The van der Waals surface area contributed by atoms with Gasteiger partial charge in [-0.2, -0.15) is 0 Å². The van der Waals surface area contributed by atoms with Crippen molar-refractivity contribution in [1.82, 2.24) is 5.32 Å². The van der Waals surface area contributed by atoms with Gasteiger partial charge in [0.1, 0.15) is 5.75 Å². The van der Waals surface area contributed by atoms with Crippen LogP contribution in [-0.2, 0) is 4.74 Å². The van der Waals surface area contributed by atoms with E-state index in [9.17, 15) is 20.0 Å². The van der Waals surface area contributed by atoms with Gasteiger partial charge >= 0.3 is 6.09 Å². The zero-order chi connectivity index (χ0) is 19.4. The number of aromatic hydroxyl groups is 1. The van der Waals surface area contributed by atoms with Gasteiger partial charge in [0.05, 0.1) is 17.6 Å². The first-order valence-electron chi connectivity index (χ1n) is 8.39. The van der Waals surface area contributed by atoms with Crippen LogP contribution in [0.5, 0.6) is 5.75 Å². The van der Waals surface area contributed by atoms with Gasteiger partial charge in [0.2, 0.25) is 0 Å². The van der Waals surface area contributed by atoms with Crippen LogP contribution in [0.15, 0.2) is 60.7 Å². The average Bonchev–Trinajstić information content (AvgIpc) is 2.67. The number of benzene rings is 3. The number of ether oxygens (including phenoxy) is 1. The maximum absolute atomic E-state index is 12.1. The molecule has 1 unspecified atom stereocenters. The molecule has 138 valence electrons. The minimum Gasteiger partial charge on any atom is -0.508 e. The highest BCUT2D eigenvalue weighted by Gasteiger charge is 2.23. The molecule has 3 aromatic rings. The molecular formula is C20H18N2O5. The summed E-state index contributed by atoms with van der Waals surface area (Å²) < 4.78 is 4.99. The third-order valence-corrected chi connectivity index (χ3v) is 4.21. The van der Waals surface area contributed by atoms with E-state index in [0.29, 0.717) is 11.1 Å². The van der Waals surface area contributed by atoms with E-state index in [2.05, 4.69) is 5.32 Å². The Morgan fingerprint density at radius 3 is 2.52 bits per heavy atom. The Morgan fingerprint density at radius 1 is 1.15 bits per heavy atom. The quantitative estimate of drug-likeness (QED) is 0.518. The number of nitro groups is 1. The van der Waals surface area contributed by atoms with Gasteiger partial charge in [0.25, 0.3) is 5.69 Å². The number of carbonyl (C=O) groups is 1. The lowest BCUT2D eigenvalue weighted by Gasteiger charge is -2.22. The number of hydrogen-bond donors (Lipinski definition) is 2. The minimum absolute atomic E-state index is 0.00820. The van der Waals surface area contributed by atoms with Crippen molar-refractivity contribution in [2.24, 2.45) is 0 Å². The molecule has 0 saturated carbocycles. The van der Waals surface area contributed by atoms with Crippen molar-refractivity contribution in [3.05, 3.63) is 81.9 Å². The maximum atomic E-state index is 12.1. The molecule has 2 N–H and O–H groups in total. The molecule has 0 aromatic heterocycles. The van der Waals surface area contributed by atoms with Gasteiger partial charge in [-0.05, 0) is 41.5 Å². The molecule has 0 radical (unpaired) electrons. The number of phenolic OH excluding ortho intramolecular Hbond substituents is 1. The molecule has 3 rings (SSSR count). The smallest absolute Gasteiger partial charge is 0.407 e. The second kappa shape index (κ2) is 7.74. The number of amides is 1. The van der Waals surface area contributed by atoms with E-state index in [1.54, 1.807) is 31.2 Å². The van der Waals surface area contributed by atoms with E-state index in [1.165, 1.54) is 12.1 Å². The summed E-state index contributed by atoms with van der Waals surface area (Å²) >= 11 is 0. The molecule has 3 aromatic carbocycles. The monoisotopic (exact) mass is 366 g/mol. The van der Waals surface area contributed by atoms with E-state index in [-0.39, 0.29) is 18.0 Å². The lowest BCUT2D eigenvalue weighted by atomic mass is 9.92.